The van der Waals surface area contributed by atoms with Crippen molar-refractivity contribution in [3.8, 4) is 6.07 Å². The molecule has 1 atom stereocenters. The Kier molecular flexibility index (Phi) is 2.66. The maximum atomic E-state index is 8.84. The number of hydrogen-bond acceptors (Lipinski definition) is 4. The first-order valence-electron chi connectivity index (χ1n) is 4.69. The van der Waals surface area contributed by atoms with Crippen LogP contribution in [-0.2, 0) is 6.54 Å². The van der Waals surface area contributed by atoms with Crippen LogP contribution >= 0.6 is 15.9 Å². The number of hydrogen-bond donors (Lipinski definition) is 1. The van der Waals surface area contributed by atoms with E-state index in [0.29, 0.717) is 6.54 Å². The van der Waals surface area contributed by atoms with Crippen LogP contribution in [0.25, 0.3) is 11.0 Å². The lowest BCUT2D eigenvalue weighted by atomic mass is 10.1. The quantitative estimate of drug-likeness (QED) is 0.902. The number of nitriles is 1. The van der Waals surface area contributed by atoms with Crippen LogP contribution in [0.1, 0.15) is 6.92 Å². The van der Waals surface area contributed by atoms with E-state index in [-0.39, 0.29) is 0 Å². The Balaban J connectivity index is 2.38. The number of aromatic nitrogens is 3. The molecule has 2 rings (SSSR count). The molecule has 0 aliphatic carbocycles. The maximum absolute atomic E-state index is 8.84. The van der Waals surface area contributed by atoms with Gasteiger partial charge in [0.15, 0.2) is 0 Å². The van der Waals surface area contributed by atoms with Crippen molar-refractivity contribution in [2.75, 3.05) is 0 Å². The standard InChI is InChI=1S/C10H10BrN5/c1-10(13,5-12)6-16-4-9-8(15-16)2-7(11)3-14-9/h2-4H,6,13H2,1H3/t10-/m0/s1. The Bertz CT molecular complexity index is 566. The van der Waals surface area contributed by atoms with Gasteiger partial charge >= 0.3 is 0 Å². The van der Waals surface area contributed by atoms with Gasteiger partial charge in [-0.25, -0.2) is 0 Å². The van der Waals surface area contributed by atoms with Gasteiger partial charge in [-0.15, -0.1) is 0 Å². The van der Waals surface area contributed by atoms with Crippen molar-refractivity contribution in [2.45, 2.75) is 19.0 Å². The van der Waals surface area contributed by atoms with E-state index in [1.807, 2.05) is 12.1 Å². The molecule has 6 heteroatoms. The highest BCUT2D eigenvalue weighted by Crippen LogP contribution is 2.16. The van der Waals surface area contributed by atoms with E-state index < -0.39 is 5.54 Å². The molecular formula is C10H10BrN5. The number of nitrogens with zero attached hydrogens (tertiary/aromatic N) is 4. The van der Waals surface area contributed by atoms with Gasteiger partial charge in [0.2, 0.25) is 0 Å². The molecule has 0 amide bonds. The fraction of sp³-hybridized carbons (Fsp3) is 0.300. The van der Waals surface area contributed by atoms with Gasteiger partial charge in [0.1, 0.15) is 16.6 Å². The summed E-state index contributed by atoms with van der Waals surface area (Å²) in [5.74, 6) is 0. The highest BCUT2D eigenvalue weighted by atomic mass is 79.9. The highest BCUT2D eigenvalue weighted by Gasteiger charge is 2.18. The number of nitrogens with two attached hydrogens (primary N) is 1. The van der Waals surface area contributed by atoms with Gasteiger partial charge in [-0.05, 0) is 28.9 Å². The third kappa shape index (κ3) is 2.21. The minimum Gasteiger partial charge on any atom is -0.312 e. The van der Waals surface area contributed by atoms with Crippen LogP contribution in [0.5, 0.6) is 0 Å². The summed E-state index contributed by atoms with van der Waals surface area (Å²) in [6.07, 6.45) is 3.49. The predicted octanol–water partition coefficient (Wildman–Crippen LogP) is 1.43. The predicted molar refractivity (Wildman–Crippen MR) is 63.4 cm³/mol. The van der Waals surface area contributed by atoms with Crippen molar-refractivity contribution >= 4 is 27.0 Å². The molecule has 0 bridgehead atoms. The molecule has 2 heterocycles. The largest absolute Gasteiger partial charge is 0.312 e. The van der Waals surface area contributed by atoms with Crippen molar-refractivity contribution in [1.82, 2.24) is 14.8 Å². The Morgan fingerprint density at radius 3 is 3.06 bits per heavy atom. The van der Waals surface area contributed by atoms with Crippen LogP contribution in [0, 0.1) is 11.3 Å². The Morgan fingerprint density at radius 2 is 2.38 bits per heavy atom. The van der Waals surface area contributed by atoms with Crippen LogP contribution in [-0.4, -0.2) is 20.3 Å². The monoisotopic (exact) mass is 279 g/mol. The zero-order chi connectivity index (χ0) is 11.8. The van der Waals surface area contributed by atoms with E-state index in [9.17, 15) is 0 Å². The Morgan fingerprint density at radius 1 is 1.62 bits per heavy atom. The molecule has 5 nitrogen and oxygen atoms in total. The van der Waals surface area contributed by atoms with Crippen LogP contribution in [0.15, 0.2) is 22.9 Å². The van der Waals surface area contributed by atoms with Gasteiger partial charge < -0.3 is 5.73 Å². The van der Waals surface area contributed by atoms with Gasteiger partial charge in [-0.3, -0.25) is 9.67 Å². The van der Waals surface area contributed by atoms with Gasteiger partial charge in [-0.2, -0.15) is 10.4 Å². The summed E-state index contributed by atoms with van der Waals surface area (Å²) in [7, 11) is 0. The molecule has 16 heavy (non-hydrogen) atoms. The van der Waals surface area contributed by atoms with Crippen molar-refractivity contribution in [1.29, 1.82) is 5.26 Å². The lowest BCUT2D eigenvalue weighted by Crippen LogP contribution is -2.39. The smallest absolute Gasteiger partial charge is 0.121 e. The summed E-state index contributed by atoms with van der Waals surface area (Å²) in [4.78, 5) is 4.20. The normalized spacial score (nSPS) is 14.6. The number of rotatable bonds is 2. The molecule has 0 saturated carbocycles. The summed E-state index contributed by atoms with van der Waals surface area (Å²) >= 11 is 3.33. The van der Waals surface area contributed by atoms with Crippen LogP contribution in [0.3, 0.4) is 0 Å². The molecule has 0 aliphatic heterocycles. The van der Waals surface area contributed by atoms with E-state index >= 15 is 0 Å². The molecule has 2 aromatic heterocycles. The first-order chi connectivity index (χ1) is 7.50. The molecule has 0 aromatic carbocycles. The highest BCUT2D eigenvalue weighted by molar-refractivity contribution is 9.10. The molecule has 0 radical (unpaired) electrons. The van der Waals surface area contributed by atoms with Gasteiger partial charge in [0.25, 0.3) is 0 Å². The van der Waals surface area contributed by atoms with Crippen molar-refractivity contribution in [2.24, 2.45) is 5.73 Å². The van der Waals surface area contributed by atoms with Crippen molar-refractivity contribution < 1.29 is 0 Å². The minimum atomic E-state index is -0.917. The second-order valence-corrected chi connectivity index (χ2v) is 4.83. The zero-order valence-corrected chi connectivity index (χ0v) is 10.3. The minimum absolute atomic E-state index is 0.345. The summed E-state index contributed by atoms with van der Waals surface area (Å²) < 4.78 is 2.52. The molecule has 0 saturated heterocycles. The molecule has 0 spiro atoms. The van der Waals surface area contributed by atoms with E-state index in [0.717, 1.165) is 15.5 Å². The summed E-state index contributed by atoms with van der Waals surface area (Å²) in [5.41, 5.74) is 6.40. The van der Waals surface area contributed by atoms with Crippen LogP contribution in [0.4, 0.5) is 0 Å². The number of pyridine rings is 1. The second kappa shape index (κ2) is 3.85. The molecule has 0 fully saturated rings. The van der Waals surface area contributed by atoms with E-state index in [2.05, 4.69) is 26.0 Å². The zero-order valence-electron chi connectivity index (χ0n) is 8.68. The van der Waals surface area contributed by atoms with Crippen LogP contribution in [0.2, 0.25) is 0 Å². The Hall–Kier alpha value is -1.45. The molecular weight excluding hydrogens is 270 g/mol. The maximum Gasteiger partial charge on any atom is 0.121 e. The third-order valence-electron chi connectivity index (χ3n) is 2.12. The second-order valence-electron chi connectivity index (χ2n) is 3.91. The van der Waals surface area contributed by atoms with E-state index in [4.69, 9.17) is 11.0 Å². The third-order valence-corrected chi connectivity index (χ3v) is 2.55. The first-order valence-corrected chi connectivity index (χ1v) is 5.48. The summed E-state index contributed by atoms with van der Waals surface area (Å²) in [5, 5.41) is 13.1. The number of halogens is 1. The van der Waals surface area contributed by atoms with E-state index in [1.54, 1.807) is 24.0 Å². The lowest BCUT2D eigenvalue weighted by molar-refractivity contribution is 0.462. The van der Waals surface area contributed by atoms with Crippen LogP contribution < -0.4 is 5.73 Å². The summed E-state index contributed by atoms with van der Waals surface area (Å²) in [6.45, 7) is 2.01. The fourth-order valence-corrected chi connectivity index (χ4v) is 1.70. The SMILES string of the molecule is C[C@](N)(C#N)Cn1cc2ncc(Br)cc2n1. The van der Waals surface area contributed by atoms with Crippen molar-refractivity contribution in [3.05, 3.63) is 22.9 Å². The summed E-state index contributed by atoms with van der Waals surface area (Å²) in [6, 6.07) is 3.91. The van der Waals surface area contributed by atoms with Crippen molar-refractivity contribution in [3.63, 3.8) is 0 Å². The van der Waals surface area contributed by atoms with Gasteiger partial charge in [0, 0.05) is 10.7 Å². The molecule has 2 N–H and O–H groups in total. The first kappa shape index (κ1) is 11.0. The van der Waals surface area contributed by atoms with Gasteiger partial charge in [-0.1, -0.05) is 0 Å². The average Bonchev–Trinajstić information content (AvgIpc) is 2.58. The fourth-order valence-electron chi connectivity index (χ4n) is 1.38. The van der Waals surface area contributed by atoms with E-state index in [1.165, 1.54) is 0 Å². The molecule has 2 aromatic rings. The molecule has 0 aliphatic rings. The van der Waals surface area contributed by atoms with Gasteiger partial charge in [0.05, 0.1) is 18.8 Å². The topological polar surface area (TPSA) is 80.5 Å². The lowest BCUT2D eigenvalue weighted by Gasteiger charge is -2.14. The molecule has 82 valence electrons. The molecule has 0 unspecified atom stereocenters. The average molecular weight is 280 g/mol. The number of fused-ring (bicyclic) bond motifs is 1. The Labute approximate surface area is 101 Å².